The Bertz CT molecular complexity index is 1320. The van der Waals surface area contributed by atoms with Gasteiger partial charge < -0.3 is 15.1 Å². The zero-order valence-electron chi connectivity index (χ0n) is 20.2. The van der Waals surface area contributed by atoms with Gasteiger partial charge in [-0.2, -0.15) is 10.4 Å². The molecule has 1 aromatic heterocycles. The number of aromatic nitrogens is 2. The summed E-state index contributed by atoms with van der Waals surface area (Å²) in [6.45, 7) is 3.39. The van der Waals surface area contributed by atoms with Crippen LogP contribution in [0.25, 0.3) is 16.9 Å². The van der Waals surface area contributed by atoms with Gasteiger partial charge in [0.15, 0.2) is 11.5 Å². The predicted molar refractivity (Wildman–Crippen MR) is 133 cm³/mol. The van der Waals surface area contributed by atoms with Gasteiger partial charge in [-0.1, -0.05) is 6.07 Å². The zero-order valence-corrected chi connectivity index (χ0v) is 20.2. The van der Waals surface area contributed by atoms with Crippen molar-refractivity contribution in [1.82, 2.24) is 20.0 Å². The van der Waals surface area contributed by atoms with E-state index in [-0.39, 0.29) is 28.9 Å². The Morgan fingerprint density at radius 1 is 1.11 bits per heavy atom. The van der Waals surface area contributed by atoms with E-state index in [0.29, 0.717) is 17.8 Å². The summed E-state index contributed by atoms with van der Waals surface area (Å²) in [5.74, 6) is -1.46. The molecule has 3 aromatic rings. The lowest BCUT2D eigenvalue weighted by atomic mass is 10.1. The minimum absolute atomic E-state index is 0.0312. The zero-order chi connectivity index (χ0) is 25.2. The normalized spacial score (nSPS) is 17.7. The van der Waals surface area contributed by atoms with E-state index in [0.717, 1.165) is 51.0 Å². The highest BCUT2D eigenvalue weighted by atomic mass is 19.1. The van der Waals surface area contributed by atoms with Crippen LogP contribution in [0.4, 0.5) is 14.5 Å². The Labute approximate surface area is 208 Å². The van der Waals surface area contributed by atoms with E-state index in [2.05, 4.69) is 15.3 Å². The summed E-state index contributed by atoms with van der Waals surface area (Å²) in [4.78, 5) is 17.2. The molecule has 186 valence electrons. The van der Waals surface area contributed by atoms with Crippen molar-refractivity contribution in [3.05, 3.63) is 65.4 Å². The molecule has 36 heavy (non-hydrogen) atoms. The smallest absolute Gasteiger partial charge is 0.274 e. The molecule has 9 heteroatoms. The second-order valence-corrected chi connectivity index (χ2v) is 9.38. The number of nitrogens with zero attached hydrogens (tertiary/aromatic N) is 5. The number of carbonyl (C=O) groups excluding carboxylic acids is 1. The van der Waals surface area contributed by atoms with Gasteiger partial charge in [0.1, 0.15) is 17.6 Å². The number of piperidine rings is 1. The molecule has 0 spiro atoms. The lowest BCUT2D eigenvalue weighted by Gasteiger charge is -2.31. The molecule has 2 aliphatic rings. The van der Waals surface area contributed by atoms with E-state index >= 15 is 4.39 Å². The molecule has 1 amide bonds. The second kappa shape index (κ2) is 10.1. The number of rotatable bonds is 5. The first-order valence-corrected chi connectivity index (χ1v) is 12.3. The molecule has 1 N–H and O–H groups in total. The molecule has 2 fully saturated rings. The molecule has 2 aromatic carbocycles. The molecule has 1 atom stereocenters. The number of amides is 1. The standard InChI is InChI=1S/C27H28F2N6O/c1-33(21-5-4-10-31-17-21)27(36)24-15-26(18-6-7-19(16-30)22(28)13-18)35(32-24)25-9-8-20(14-23(25)29)34-11-2-3-12-34/h6-9,13-15,21,31H,2-5,10-12,17H2,1H3/t21-/m1/s1. The first kappa shape index (κ1) is 23.9. The molecule has 0 unspecified atom stereocenters. The molecular formula is C27H28F2N6O. The number of halogens is 2. The van der Waals surface area contributed by atoms with Crippen molar-refractivity contribution >= 4 is 11.6 Å². The van der Waals surface area contributed by atoms with Crippen LogP contribution < -0.4 is 10.2 Å². The molecule has 0 bridgehead atoms. The van der Waals surface area contributed by atoms with E-state index in [1.165, 1.54) is 22.9 Å². The van der Waals surface area contributed by atoms with Crippen LogP contribution in [0.5, 0.6) is 0 Å². The Kier molecular flexibility index (Phi) is 6.70. The summed E-state index contributed by atoms with van der Waals surface area (Å²) in [6.07, 6.45) is 4.01. The third-order valence-electron chi connectivity index (χ3n) is 7.08. The highest BCUT2D eigenvalue weighted by Gasteiger charge is 2.27. The molecule has 5 rings (SSSR count). The molecule has 0 radical (unpaired) electrons. The van der Waals surface area contributed by atoms with Crippen molar-refractivity contribution < 1.29 is 13.6 Å². The van der Waals surface area contributed by atoms with Gasteiger partial charge in [0.25, 0.3) is 5.91 Å². The Balaban J connectivity index is 1.56. The van der Waals surface area contributed by atoms with Gasteiger partial charge in [0, 0.05) is 44.0 Å². The summed E-state index contributed by atoms with van der Waals surface area (Å²) in [5.41, 5.74) is 1.77. The van der Waals surface area contributed by atoms with E-state index in [4.69, 9.17) is 5.26 Å². The average Bonchev–Trinajstić information content (AvgIpc) is 3.59. The van der Waals surface area contributed by atoms with E-state index in [1.807, 2.05) is 12.1 Å². The number of anilines is 1. The van der Waals surface area contributed by atoms with Crippen LogP contribution >= 0.6 is 0 Å². The van der Waals surface area contributed by atoms with Crippen molar-refractivity contribution in [3.63, 3.8) is 0 Å². The average molecular weight is 491 g/mol. The molecule has 0 saturated carbocycles. The van der Waals surface area contributed by atoms with Gasteiger partial charge >= 0.3 is 0 Å². The van der Waals surface area contributed by atoms with Crippen molar-refractivity contribution in [2.45, 2.75) is 31.7 Å². The number of benzene rings is 2. The monoisotopic (exact) mass is 490 g/mol. The molecule has 7 nitrogen and oxygen atoms in total. The third kappa shape index (κ3) is 4.56. The fourth-order valence-electron chi connectivity index (χ4n) is 4.99. The maximum Gasteiger partial charge on any atom is 0.274 e. The molecule has 3 heterocycles. The second-order valence-electron chi connectivity index (χ2n) is 9.38. The lowest BCUT2D eigenvalue weighted by Crippen LogP contribution is -2.46. The Morgan fingerprint density at radius 2 is 1.92 bits per heavy atom. The van der Waals surface area contributed by atoms with Crippen molar-refractivity contribution in [1.29, 1.82) is 5.26 Å². The van der Waals surface area contributed by atoms with Crippen LogP contribution in [-0.4, -0.2) is 59.9 Å². The summed E-state index contributed by atoms with van der Waals surface area (Å²) in [7, 11) is 1.74. The van der Waals surface area contributed by atoms with Crippen LogP contribution in [0.2, 0.25) is 0 Å². The summed E-state index contributed by atoms with van der Waals surface area (Å²) in [6, 6.07) is 12.5. The largest absolute Gasteiger partial charge is 0.371 e. The van der Waals surface area contributed by atoms with Crippen molar-refractivity contribution in [3.8, 4) is 23.0 Å². The quantitative estimate of drug-likeness (QED) is 0.583. The van der Waals surface area contributed by atoms with Gasteiger partial charge in [-0.15, -0.1) is 0 Å². The minimum atomic E-state index is -0.689. The third-order valence-corrected chi connectivity index (χ3v) is 7.08. The van der Waals surface area contributed by atoms with Crippen LogP contribution in [0.15, 0.2) is 42.5 Å². The number of nitriles is 1. The first-order valence-electron chi connectivity index (χ1n) is 12.3. The van der Waals surface area contributed by atoms with Gasteiger partial charge in [-0.05, 0) is 68.6 Å². The number of hydrogen-bond acceptors (Lipinski definition) is 5. The van der Waals surface area contributed by atoms with Gasteiger partial charge in [0.05, 0.1) is 11.3 Å². The molecular weight excluding hydrogens is 462 g/mol. The maximum absolute atomic E-state index is 15.4. The van der Waals surface area contributed by atoms with Gasteiger partial charge in [-0.3, -0.25) is 4.79 Å². The van der Waals surface area contributed by atoms with E-state index < -0.39 is 11.6 Å². The van der Waals surface area contributed by atoms with Crippen LogP contribution in [-0.2, 0) is 0 Å². The van der Waals surface area contributed by atoms with Crippen LogP contribution in [0.3, 0.4) is 0 Å². The van der Waals surface area contributed by atoms with Crippen LogP contribution in [0, 0.1) is 23.0 Å². The fourth-order valence-corrected chi connectivity index (χ4v) is 4.99. The summed E-state index contributed by atoms with van der Waals surface area (Å²) >= 11 is 0. The number of hydrogen-bond donors (Lipinski definition) is 1. The molecule has 0 aliphatic carbocycles. The van der Waals surface area contributed by atoms with E-state index in [9.17, 15) is 9.18 Å². The minimum Gasteiger partial charge on any atom is -0.371 e. The fraction of sp³-hybridized carbons (Fsp3) is 0.370. The highest BCUT2D eigenvalue weighted by molar-refractivity contribution is 5.93. The topological polar surface area (TPSA) is 77.2 Å². The number of likely N-dealkylation sites (N-methyl/N-ethyl adjacent to an activating group) is 1. The Hall–Kier alpha value is -3.77. The summed E-state index contributed by atoms with van der Waals surface area (Å²) < 4.78 is 31.3. The molecule has 2 aliphatic heterocycles. The highest BCUT2D eigenvalue weighted by Crippen LogP contribution is 2.30. The van der Waals surface area contributed by atoms with Gasteiger partial charge in [0.2, 0.25) is 0 Å². The van der Waals surface area contributed by atoms with Gasteiger partial charge in [-0.25, -0.2) is 13.5 Å². The summed E-state index contributed by atoms with van der Waals surface area (Å²) in [5, 5.41) is 16.9. The van der Waals surface area contributed by atoms with E-state index in [1.54, 1.807) is 30.1 Å². The predicted octanol–water partition coefficient (Wildman–Crippen LogP) is 4.11. The van der Waals surface area contributed by atoms with Crippen molar-refractivity contribution in [2.24, 2.45) is 0 Å². The SMILES string of the molecule is CN(C(=O)c1cc(-c2ccc(C#N)c(F)c2)n(-c2ccc(N3CCCC3)cc2F)n1)[C@@H]1CCCNC1. The number of carbonyl (C=O) groups is 1. The molecule has 2 saturated heterocycles. The van der Waals surface area contributed by atoms with Crippen LogP contribution in [0.1, 0.15) is 41.7 Å². The Morgan fingerprint density at radius 3 is 2.58 bits per heavy atom. The van der Waals surface area contributed by atoms with Crippen molar-refractivity contribution in [2.75, 3.05) is 38.1 Å². The lowest BCUT2D eigenvalue weighted by molar-refractivity contribution is 0.0702. The first-order chi connectivity index (χ1) is 17.5. The number of nitrogens with one attached hydrogen (secondary N) is 1. The maximum atomic E-state index is 15.4.